The second-order valence-electron chi connectivity index (χ2n) is 11.7. The Morgan fingerprint density at radius 3 is 2.59 bits per heavy atom. The van der Waals surface area contributed by atoms with E-state index in [-0.39, 0.29) is 5.41 Å². The minimum absolute atomic E-state index is 0.0298. The van der Waals surface area contributed by atoms with E-state index in [1.165, 1.54) is 50.5 Å². The maximum atomic E-state index is 13.1. The largest absolute Gasteiger partial charge is 0.389 e. The molecule has 6 atom stereocenters. The average molecular weight is 463 g/mol. The number of aliphatic hydroxyl groups excluding tert-OH is 1. The van der Waals surface area contributed by atoms with E-state index in [0.29, 0.717) is 36.4 Å². The monoisotopic (exact) mass is 462 g/mol. The van der Waals surface area contributed by atoms with Crippen LogP contribution < -0.4 is 0 Å². The van der Waals surface area contributed by atoms with Crippen molar-refractivity contribution in [2.75, 3.05) is 0 Å². The van der Waals surface area contributed by atoms with Gasteiger partial charge in [-0.1, -0.05) is 88.1 Å². The summed E-state index contributed by atoms with van der Waals surface area (Å²) in [6.07, 6.45) is 19.3. The lowest BCUT2D eigenvalue weighted by molar-refractivity contribution is -0.127. The summed E-state index contributed by atoms with van der Waals surface area (Å²) in [5.74, 6) is 2.76. The number of hydrogen-bond donors (Lipinski definition) is 1. The van der Waals surface area contributed by atoms with Crippen LogP contribution in [0.25, 0.3) is 0 Å². The number of benzene rings is 1. The summed E-state index contributed by atoms with van der Waals surface area (Å²) in [7, 11) is 0. The number of aliphatic hydroxyl groups is 1. The number of ketones is 1. The topological polar surface area (TPSA) is 37.3 Å². The first-order chi connectivity index (χ1) is 16.5. The van der Waals surface area contributed by atoms with Crippen LogP contribution >= 0.6 is 0 Å². The predicted molar refractivity (Wildman–Crippen MR) is 142 cm³/mol. The predicted octanol–water partition coefficient (Wildman–Crippen LogP) is 7.95. The summed E-state index contributed by atoms with van der Waals surface area (Å²) in [6.45, 7) is 6.71. The fourth-order valence-electron chi connectivity index (χ4n) is 7.46. The minimum atomic E-state index is -0.524. The first-order valence-corrected chi connectivity index (χ1v) is 14.1. The highest BCUT2D eigenvalue weighted by Gasteiger charge is 2.39. The van der Waals surface area contributed by atoms with Crippen LogP contribution in [-0.4, -0.2) is 17.0 Å². The van der Waals surface area contributed by atoms with Gasteiger partial charge in [-0.3, -0.25) is 4.79 Å². The smallest absolute Gasteiger partial charge is 0.136 e. The van der Waals surface area contributed by atoms with Gasteiger partial charge in [-0.15, -0.1) is 0 Å². The van der Waals surface area contributed by atoms with Crippen LogP contribution in [0.15, 0.2) is 54.6 Å². The van der Waals surface area contributed by atoms with E-state index in [4.69, 9.17) is 0 Å². The third-order valence-electron chi connectivity index (χ3n) is 9.56. The van der Waals surface area contributed by atoms with Gasteiger partial charge < -0.3 is 5.11 Å². The molecule has 186 valence electrons. The molecule has 0 heterocycles. The molecular weight excluding hydrogens is 416 g/mol. The van der Waals surface area contributed by atoms with E-state index in [1.54, 1.807) is 0 Å². The molecule has 0 spiro atoms. The van der Waals surface area contributed by atoms with Crippen LogP contribution in [0, 0.1) is 23.7 Å². The summed E-state index contributed by atoms with van der Waals surface area (Å²) >= 11 is 0. The Balaban J connectivity index is 1.31. The van der Waals surface area contributed by atoms with Gasteiger partial charge in [0.25, 0.3) is 0 Å². The van der Waals surface area contributed by atoms with Crippen LogP contribution in [0.3, 0.4) is 0 Å². The molecule has 3 aliphatic rings. The second-order valence-corrected chi connectivity index (χ2v) is 11.7. The first-order valence-electron chi connectivity index (χ1n) is 14.1. The number of hydrogen-bond acceptors (Lipinski definition) is 2. The Kier molecular flexibility index (Phi) is 8.86. The Hall–Kier alpha value is -1.67. The minimum Gasteiger partial charge on any atom is -0.389 e. The molecule has 6 unspecified atom stereocenters. The quantitative estimate of drug-likeness (QED) is 0.358. The van der Waals surface area contributed by atoms with E-state index in [0.717, 1.165) is 43.6 Å². The highest BCUT2D eigenvalue weighted by atomic mass is 16.3. The van der Waals surface area contributed by atoms with Crippen molar-refractivity contribution in [3.05, 3.63) is 60.2 Å². The summed E-state index contributed by atoms with van der Waals surface area (Å²) in [5.41, 5.74) is 2.24. The maximum absolute atomic E-state index is 13.1. The fraction of sp³-hybridized carbons (Fsp3) is 0.656. The number of rotatable bonds is 10. The molecule has 2 nitrogen and oxygen atoms in total. The molecule has 0 radical (unpaired) electrons. The van der Waals surface area contributed by atoms with Crippen LogP contribution in [0.4, 0.5) is 0 Å². The highest BCUT2D eigenvalue weighted by Crippen LogP contribution is 2.45. The van der Waals surface area contributed by atoms with E-state index in [2.05, 4.69) is 56.0 Å². The fourth-order valence-corrected chi connectivity index (χ4v) is 7.46. The Labute approximate surface area is 207 Å². The molecule has 34 heavy (non-hydrogen) atoms. The van der Waals surface area contributed by atoms with Gasteiger partial charge in [0.15, 0.2) is 0 Å². The second kappa shape index (κ2) is 11.8. The van der Waals surface area contributed by atoms with Crippen molar-refractivity contribution in [1.82, 2.24) is 0 Å². The molecule has 0 aromatic heterocycles. The van der Waals surface area contributed by atoms with Gasteiger partial charge >= 0.3 is 0 Å². The molecule has 1 aromatic rings. The summed E-state index contributed by atoms with van der Waals surface area (Å²) in [6, 6.07) is 10.8. The van der Waals surface area contributed by atoms with Crippen LogP contribution in [-0.2, 0) is 10.2 Å². The standard InChI is InChI=1S/C32H46O2/c1-24(23-32(2,26-15-5-3-6-16-26)27-17-7-4-8-18-27)30(33)21-12-22-31(34)29-20-11-14-25-13-9-10-19-28(25)29/h3-7,15-16,25,27-30,33H,1,8-14,17-23H2,2H3. The Bertz CT molecular complexity index is 838. The molecule has 2 saturated carbocycles. The number of carbonyl (C=O) groups excluding carboxylic acids is 1. The molecule has 0 aliphatic heterocycles. The zero-order valence-corrected chi connectivity index (χ0v) is 21.4. The van der Waals surface area contributed by atoms with Crippen molar-refractivity contribution in [3.8, 4) is 0 Å². The Morgan fingerprint density at radius 2 is 1.82 bits per heavy atom. The lowest BCUT2D eigenvalue weighted by Crippen LogP contribution is -2.35. The van der Waals surface area contributed by atoms with Gasteiger partial charge in [-0.25, -0.2) is 0 Å². The molecule has 0 saturated heterocycles. The Morgan fingerprint density at radius 1 is 1.06 bits per heavy atom. The molecule has 1 aromatic carbocycles. The van der Waals surface area contributed by atoms with Gasteiger partial charge in [-0.05, 0) is 85.7 Å². The molecule has 4 rings (SSSR count). The molecule has 2 fully saturated rings. The van der Waals surface area contributed by atoms with Crippen molar-refractivity contribution in [2.45, 2.75) is 108 Å². The third-order valence-corrected chi connectivity index (χ3v) is 9.56. The van der Waals surface area contributed by atoms with Gasteiger partial charge in [0.05, 0.1) is 6.10 Å². The number of fused-ring (bicyclic) bond motifs is 1. The van der Waals surface area contributed by atoms with Crippen LogP contribution in [0.2, 0.25) is 0 Å². The summed E-state index contributed by atoms with van der Waals surface area (Å²) < 4.78 is 0. The normalized spacial score (nSPS) is 29.6. The van der Waals surface area contributed by atoms with Crippen molar-refractivity contribution in [2.24, 2.45) is 23.7 Å². The van der Waals surface area contributed by atoms with Crippen molar-refractivity contribution in [3.63, 3.8) is 0 Å². The number of Topliss-reactive ketones (excluding diaryl/α,β-unsaturated/α-hetero) is 1. The lowest BCUT2D eigenvalue weighted by atomic mass is 9.64. The molecule has 0 amide bonds. The van der Waals surface area contributed by atoms with Crippen molar-refractivity contribution >= 4 is 5.78 Å². The molecule has 3 aliphatic carbocycles. The van der Waals surface area contributed by atoms with Gasteiger partial charge in [0.2, 0.25) is 0 Å². The molecular formula is C32H46O2. The van der Waals surface area contributed by atoms with E-state index in [9.17, 15) is 9.90 Å². The van der Waals surface area contributed by atoms with E-state index >= 15 is 0 Å². The molecule has 1 N–H and O–H groups in total. The van der Waals surface area contributed by atoms with E-state index in [1.807, 2.05) is 0 Å². The van der Waals surface area contributed by atoms with Gasteiger partial charge in [-0.2, -0.15) is 0 Å². The molecule has 2 heteroatoms. The summed E-state index contributed by atoms with van der Waals surface area (Å²) in [4.78, 5) is 13.1. The zero-order chi connectivity index (χ0) is 24.0. The number of allylic oxidation sites excluding steroid dienone is 2. The third kappa shape index (κ3) is 5.93. The van der Waals surface area contributed by atoms with Crippen molar-refractivity contribution < 1.29 is 9.90 Å². The van der Waals surface area contributed by atoms with Gasteiger partial charge in [0, 0.05) is 12.3 Å². The molecule has 0 bridgehead atoms. The highest BCUT2D eigenvalue weighted by molar-refractivity contribution is 5.81. The van der Waals surface area contributed by atoms with E-state index < -0.39 is 6.10 Å². The van der Waals surface area contributed by atoms with Crippen LogP contribution in [0.1, 0.15) is 102 Å². The lowest BCUT2D eigenvalue weighted by Gasteiger charge is -2.41. The SMILES string of the molecule is C=C(CC(C)(c1ccccc1)C1CC=CCC1)C(O)CCCC(=O)C1CCCC2CCCCC21. The zero-order valence-electron chi connectivity index (χ0n) is 21.4. The number of carbonyl (C=O) groups is 1. The average Bonchev–Trinajstić information content (AvgIpc) is 2.89. The van der Waals surface area contributed by atoms with Gasteiger partial charge in [0.1, 0.15) is 5.78 Å². The summed E-state index contributed by atoms with van der Waals surface area (Å²) in [5, 5.41) is 11.0. The van der Waals surface area contributed by atoms with Crippen LogP contribution in [0.5, 0.6) is 0 Å². The first kappa shape index (κ1) is 25.4. The maximum Gasteiger partial charge on any atom is 0.136 e. The van der Waals surface area contributed by atoms with Crippen molar-refractivity contribution in [1.29, 1.82) is 0 Å².